The van der Waals surface area contributed by atoms with Crippen molar-refractivity contribution in [1.29, 1.82) is 0 Å². The number of nitrogens with one attached hydrogen (secondary N) is 1. The number of hydrogen-bond donors (Lipinski definition) is 2. The van der Waals surface area contributed by atoms with Gasteiger partial charge in [-0.15, -0.1) is 0 Å². The van der Waals surface area contributed by atoms with Crippen molar-refractivity contribution in [2.24, 2.45) is 0 Å². The molecule has 0 atom stereocenters. The molecule has 0 saturated carbocycles. The van der Waals surface area contributed by atoms with E-state index in [4.69, 9.17) is 5.11 Å². The average molecular weight is 419 g/mol. The minimum absolute atomic E-state index is 0.0577. The maximum absolute atomic E-state index is 14.3. The first-order valence-corrected chi connectivity index (χ1v) is 9.97. The Morgan fingerprint density at radius 1 is 1.21 bits per heavy atom. The summed E-state index contributed by atoms with van der Waals surface area (Å²) in [6, 6.07) is 5.40. The summed E-state index contributed by atoms with van der Waals surface area (Å²) in [5.41, 5.74) is 1.14. The molecule has 2 aromatic heterocycles. The van der Waals surface area contributed by atoms with Gasteiger partial charge in [-0.2, -0.15) is 0 Å². The minimum atomic E-state index is -0.435. The lowest BCUT2D eigenvalue weighted by Gasteiger charge is -2.35. The molecule has 0 spiro atoms. The van der Waals surface area contributed by atoms with Gasteiger partial charge in [0.15, 0.2) is 16.8 Å². The van der Waals surface area contributed by atoms with Crippen molar-refractivity contribution in [2.45, 2.75) is 6.42 Å². The van der Waals surface area contributed by atoms with Crippen LogP contribution in [0.5, 0.6) is 0 Å². The van der Waals surface area contributed by atoms with E-state index in [-0.39, 0.29) is 24.3 Å². The highest BCUT2D eigenvalue weighted by Crippen LogP contribution is 2.27. The second-order valence-electron chi connectivity index (χ2n) is 6.66. The SMILES string of the molecule is O=C(Nc1nc2cc(F)ccc2s1)N1CCN(c2ncc(CCO)cc2F)CC1. The first-order chi connectivity index (χ1) is 14.0. The number of carbonyl (C=O) groups is 1. The second-order valence-corrected chi connectivity index (χ2v) is 7.69. The normalized spacial score (nSPS) is 14.4. The Bertz CT molecular complexity index is 1040. The summed E-state index contributed by atoms with van der Waals surface area (Å²) in [6.07, 6.45) is 1.92. The standard InChI is InChI=1S/C19H19F2N5O2S/c20-13-1-2-16-15(10-13)23-18(29-16)24-19(28)26-6-4-25(5-7-26)17-14(21)9-12(3-8-27)11-22-17/h1-2,9-11,27H,3-8H2,(H,23,24,28). The van der Waals surface area contributed by atoms with Gasteiger partial charge in [0.1, 0.15) is 5.82 Å². The lowest BCUT2D eigenvalue weighted by atomic mass is 10.2. The quantitative estimate of drug-likeness (QED) is 0.680. The van der Waals surface area contributed by atoms with E-state index in [0.717, 1.165) is 4.70 Å². The minimum Gasteiger partial charge on any atom is -0.396 e. The molecular formula is C19H19F2N5O2S. The maximum Gasteiger partial charge on any atom is 0.323 e. The third kappa shape index (κ3) is 4.28. The van der Waals surface area contributed by atoms with Crippen LogP contribution in [0.25, 0.3) is 10.2 Å². The van der Waals surface area contributed by atoms with Gasteiger partial charge in [-0.3, -0.25) is 5.32 Å². The fraction of sp³-hybridized carbons (Fsp3) is 0.316. The average Bonchev–Trinajstić information content (AvgIpc) is 3.10. The van der Waals surface area contributed by atoms with Crippen LogP contribution < -0.4 is 10.2 Å². The van der Waals surface area contributed by atoms with Crippen molar-refractivity contribution in [3.8, 4) is 0 Å². The molecule has 0 radical (unpaired) electrons. The molecular weight excluding hydrogens is 400 g/mol. The summed E-state index contributed by atoms with van der Waals surface area (Å²) in [6.45, 7) is 1.65. The molecule has 1 aromatic carbocycles. The molecule has 0 bridgehead atoms. The van der Waals surface area contributed by atoms with Crippen LogP contribution >= 0.6 is 11.3 Å². The Morgan fingerprint density at radius 2 is 2.00 bits per heavy atom. The Hall–Kier alpha value is -2.85. The van der Waals surface area contributed by atoms with Gasteiger partial charge in [0.2, 0.25) is 0 Å². The van der Waals surface area contributed by atoms with Gasteiger partial charge >= 0.3 is 6.03 Å². The zero-order valence-corrected chi connectivity index (χ0v) is 16.3. The number of amides is 2. The van der Waals surface area contributed by atoms with Crippen molar-refractivity contribution >= 4 is 38.5 Å². The van der Waals surface area contributed by atoms with E-state index in [0.29, 0.717) is 48.8 Å². The fourth-order valence-electron chi connectivity index (χ4n) is 3.21. The van der Waals surface area contributed by atoms with Crippen LogP contribution in [-0.4, -0.2) is 58.8 Å². The van der Waals surface area contributed by atoms with Gasteiger partial charge in [0, 0.05) is 45.0 Å². The Balaban J connectivity index is 1.36. The number of aliphatic hydroxyl groups excluding tert-OH is 1. The molecule has 3 heterocycles. The van der Waals surface area contributed by atoms with Crippen LogP contribution in [0.3, 0.4) is 0 Å². The van der Waals surface area contributed by atoms with Gasteiger partial charge in [0.25, 0.3) is 0 Å². The molecule has 7 nitrogen and oxygen atoms in total. The fourth-order valence-corrected chi connectivity index (χ4v) is 4.05. The number of anilines is 2. The maximum atomic E-state index is 14.3. The first kappa shape index (κ1) is 19.5. The van der Waals surface area contributed by atoms with Gasteiger partial charge in [-0.25, -0.2) is 23.5 Å². The molecule has 4 rings (SSSR count). The molecule has 152 valence electrons. The van der Waals surface area contributed by atoms with E-state index < -0.39 is 5.82 Å². The number of rotatable bonds is 4. The number of urea groups is 1. The smallest absolute Gasteiger partial charge is 0.323 e. The monoisotopic (exact) mass is 419 g/mol. The van der Waals surface area contributed by atoms with E-state index in [2.05, 4.69) is 15.3 Å². The highest BCUT2D eigenvalue weighted by Gasteiger charge is 2.24. The third-order valence-electron chi connectivity index (χ3n) is 4.71. The van der Waals surface area contributed by atoms with E-state index >= 15 is 0 Å². The van der Waals surface area contributed by atoms with Gasteiger partial charge in [-0.05, 0) is 30.2 Å². The van der Waals surface area contributed by atoms with Crippen LogP contribution in [-0.2, 0) is 6.42 Å². The van der Waals surface area contributed by atoms with Gasteiger partial charge in [-0.1, -0.05) is 11.3 Å². The van der Waals surface area contributed by atoms with Crippen molar-refractivity contribution in [3.63, 3.8) is 0 Å². The number of fused-ring (bicyclic) bond motifs is 1. The molecule has 0 aliphatic carbocycles. The highest BCUT2D eigenvalue weighted by molar-refractivity contribution is 7.22. The predicted molar refractivity (Wildman–Crippen MR) is 107 cm³/mol. The number of aliphatic hydroxyl groups is 1. The van der Waals surface area contributed by atoms with Crippen molar-refractivity contribution in [1.82, 2.24) is 14.9 Å². The van der Waals surface area contributed by atoms with Crippen LogP contribution in [0.15, 0.2) is 30.5 Å². The Morgan fingerprint density at radius 3 is 2.72 bits per heavy atom. The predicted octanol–water partition coefficient (Wildman–Crippen LogP) is 2.86. The molecule has 0 unspecified atom stereocenters. The molecule has 29 heavy (non-hydrogen) atoms. The summed E-state index contributed by atoms with van der Waals surface area (Å²) < 4.78 is 28.4. The number of carbonyl (C=O) groups excluding carboxylic acids is 1. The zero-order valence-electron chi connectivity index (χ0n) is 15.4. The van der Waals surface area contributed by atoms with Crippen LogP contribution in [0.1, 0.15) is 5.56 Å². The Labute approximate surface area is 169 Å². The van der Waals surface area contributed by atoms with Crippen LogP contribution in [0.4, 0.5) is 24.5 Å². The first-order valence-electron chi connectivity index (χ1n) is 9.16. The Kier molecular flexibility index (Phi) is 5.54. The number of halogens is 2. The van der Waals surface area contributed by atoms with E-state index in [1.165, 1.54) is 29.5 Å². The largest absolute Gasteiger partial charge is 0.396 e. The van der Waals surface area contributed by atoms with E-state index in [1.54, 1.807) is 22.1 Å². The van der Waals surface area contributed by atoms with E-state index in [1.807, 2.05) is 0 Å². The number of thiazole rings is 1. The van der Waals surface area contributed by atoms with Crippen LogP contribution in [0.2, 0.25) is 0 Å². The molecule has 3 aromatic rings. The molecule has 1 fully saturated rings. The second kappa shape index (κ2) is 8.26. The molecule has 10 heteroatoms. The summed E-state index contributed by atoms with van der Waals surface area (Å²) in [4.78, 5) is 24.3. The van der Waals surface area contributed by atoms with Crippen molar-refractivity contribution < 1.29 is 18.7 Å². The third-order valence-corrected chi connectivity index (χ3v) is 5.66. The van der Waals surface area contributed by atoms with E-state index in [9.17, 15) is 13.6 Å². The summed E-state index contributed by atoms with van der Waals surface area (Å²) >= 11 is 1.28. The number of pyridine rings is 1. The number of piperazine rings is 1. The lowest BCUT2D eigenvalue weighted by molar-refractivity contribution is 0.208. The van der Waals surface area contributed by atoms with Gasteiger partial charge in [0.05, 0.1) is 10.2 Å². The zero-order chi connectivity index (χ0) is 20.4. The summed E-state index contributed by atoms with van der Waals surface area (Å²) in [7, 11) is 0. The topological polar surface area (TPSA) is 81.6 Å². The molecule has 2 N–H and O–H groups in total. The number of aromatic nitrogens is 2. The van der Waals surface area contributed by atoms with Crippen molar-refractivity contribution in [2.75, 3.05) is 43.0 Å². The lowest BCUT2D eigenvalue weighted by Crippen LogP contribution is -2.50. The molecule has 2 amide bonds. The van der Waals surface area contributed by atoms with Crippen LogP contribution in [0, 0.1) is 11.6 Å². The van der Waals surface area contributed by atoms with Gasteiger partial charge < -0.3 is 14.9 Å². The van der Waals surface area contributed by atoms with Crippen molar-refractivity contribution in [3.05, 3.63) is 47.7 Å². The molecule has 1 aliphatic rings. The number of benzene rings is 1. The number of hydrogen-bond acceptors (Lipinski definition) is 6. The summed E-state index contributed by atoms with van der Waals surface area (Å²) in [5, 5.41) is 12.1. The summed E-state index contributed by atoms with van der Waals surface area (Å²) in [5.74, 6) is -0.558. The molecule has 1 aliphatic heterocycles. The highest BCUT2D eigenvalue weighted by atomic mass is 32.1. The molecule has 1 saturated heterocycles. The number of nitrogens with zero attached hydrogens (tertiary/aromatic N) is 4.